The van der Waals surface area contributed by atoms with Gasteiger partial charge >= 0.3 is 0 Å². The van der Waals surface area contributed by atoms with Crippen LogP contribution in [0.1, 0.15) is 50.7 Å². The Morgan fingerprint density at radius 1 is 1.10 bits per heavy atom. The molecule has 2 N–H and O–H groups in total. The van der Waals surface area contributed by atoms with E-state index in [9.17, 15) is 9.59 Å². The van der Waals surface area contributed by atoms with E-state index < -0.39 is 0 Å². The number of benzene rings is 2. The Bertz CT molecular complexity index is 903. The Morgan fingerprint density at radius 2 is 1.79 bits per heavy atom. The van der Waals surface area contributed by atoms with Crippen molar-refractivity contribution in [2.75, 3.05) is 16.8 Å². The lowest BCUT2D eigenvalue weighted by atomic mass is 10.0. The minimum atomic E-state index is -0.203. The van der Waals surface area contributed by atoms with Gasteiger partial charge in [-0.3, -0.25) is 14.5 Å². The van der Waals surface area contributed by atoms with E-state index in [1.165, 1.54) is 16.0 Å². The number of fused-ring (bicyclic) bond motifs is 1. The number of carbonyl (C=O) groups is 2. The molecule has 2 aliphatic rings. The zero-order valence-corrected chi connectivity index (χ0v) is 17.4. The van der Waals surface area contributed by atoms with Crippen LogP contribution in [0.25, 0.3) is 0 Å². The fourth-order valence-corrected chi connectivity index (χ4v) is 4.18. The summed E-state index contributed by atoms with van der Waals surface area (Å²) < 4.78 is 0. The number of hydrogen-bond donors (Lipinski definition) is 2. The summed E-state index contributed by atoms with van der Waals surface area (Å²) in [6.07, 6.45) is 2.32. The number of amides is 2. The van der Waals surface area contributed by atoms with Gasteiger partial charge in [-0.25, -0.2) is 0 Å². The zero-order chi connectivity index (χ0) is 20.5. The summed E-state index contributed by atoms with van der Waals surface area (Å²) in [4.78, 5) is 28.5. The van der Waals surface area contributed by atoms with Crippen molar-refractivity contribution < 1.29 is 14.5 Å². The molecular weight excluding hydrogens is 362 g/mol. The van der Waals surface area contributed by atoms with Crippen LogP contribution in [-0.4, -0.2) is 30.4 Å². The van der Waals surface area contributed by atoms with Crippen LogP contribution < -0.4 is 15.1 Å². The second kappa shape index (κ2) is 7.99. The lowest BCUT2D eigenvalue weighted by Crippen LogP contribution is -3.16. The molecule has 0 spiro atoms. The van der Waals surface area contributed by atoms with Crippen LogP contribution in [-0.2, 0) is 16.1 Å². The van der Waals surface area contributed by atoms with Crippen molar-refractivity contribution in [1.82, 2.24) is 0 Å². The molecule has 2 amide bonds. The van der Waals surface area contributed by atoms with Crippen LogP contribution in [0.15, 0.2) is 48.5 Å². The first-order chi connectivity index (χ1) is 13.9. The molecule has 5 heteroatoms. The van der Waals surface area contributed by atoms with Crippen molar-refractivity contribution in [3.63, 3.8) is 0 Å². The molecular formula is C24H30N3O2+. The Balaban J connectivity index is 1.54. The summed E-state index contributed by atoms with van der Waals surface area (Å²) in [5, 5.41) is 2.86. The fraction of sp³-hybridized carbons (Fsp3) is 0.417. The number of nitrogens with one attached hydrogen (secondary N) is 2. The van der Waals surface area contributed by atoms with Crippen LogP contribution in [0.2, 0.25) is 0 Å². The Kier molecular flexibility index (Phi) is 5.41. The number of quaternary nitrogens is 1. The summed E-state index contributed by atoms with van der Waals surface area (Å²) in [6, 6.07) is 16.6. The van der Waals surface area contributed by atoms with E-state index in [-0.39, 0.29) is 24.4 Å². The van der Waals surface area contributed by atoms with Crippen LogP contribution in [0.3, 0.4) is 0 Å². The molecule has 4 rings (SSSR count). The fourth-order valence-electron chi connectivity index (χ4n) is 4.18. The van der Waals surface area contributed by atoms with Crippen molar-refractivity contribution >= 4 is 23.2 Å². The topological polar surface area (TPSA) is 53.9 Å². The zero-order valence-electron chi connectivity index (χ0n) is 17.4. The SMILES string of the molecule is CC(C)c1ccc(C[NH+](C2CC2)[C@@H](C)C(=O)N2CC(=O)Nc3ccccc32)cc1. The molecule has 1 saturated carbocycles. The Labute approximate surface area is 172 Å². The maximum atomic E-state index is 13.4. The van der Waals surface area contributed by atoms with E-state index in [1.807, 2.05) is 31.2 Å². The second-order valence-electron chi connectivity index (χ2n) is 8.63. The Hall–Kier alpha value is -2.66. The average Bonchev–Trinajstić information content (AvgIpc) is 3.55. The maximum Gasteiger partial charge on any atom is 0.285 e. The lowest BCUT2D eigenvalue weighted by Gasteiger charge is -2.33. The molecule has 2 aromatic rings. The maximum absolute atomic E-state index is 13.4. The number of hydrogen-bond acceptors (Lipinski definition) is 2. The number of nitrogens with zero attached hydrogens (tertiary/aromatic N) is 1. The van der Waals surface area contributed by atoms with Crippen LogP contribution in [0.4, 0.5) is 11.4 Å². The Morgan fingerprint density at radius 3 is 2.45 bits per heavy atom. The van der Waals surface area contributed by atoms with Gasteiger partial charge in [-0.1, -0.05) is 50.2 Å². The molecule has 1 aliphatic carbocycles. The second-order valence-corrected chi connectivity index (χ2v) is 8.63. The molecule has 0 aromatic heterocycles. The predicted molar refractivity (Wildman–Crippen MR) is 115 cm³/mol. The smallest absolute Gasteiger partial charge is 0.285 e. The van der Waals surface area contributed by atoms with Gasteiger partial charge in [0.15, 0.2) is 6.04 Å². The molecule has 1 aliphatic heterocycles. The predicted octanol–water partition coefficient (Wildman–Crippen LogP) is 2.73. The summed E-state index contributed by atoms with van der Waals surface area (Å²) in [5.41, 5.74) is 4.09. The average molecular weight is 393 g/mol. The third kappa shape index (κ3) is 4.20. The number of rotatable bonds is 6. The largest absolute Gasteiger partial charge is 0.323 e. The number of anilines is 2. The molecule has 0 radical (unpaired) electrons. The van der Waals surface area contributed by atoms with E-state index >= 15 is 0 Å². The third-order valence-corrected chi connectivity index (χ3v) is 6.12. The van der Waals surface area contributed by atoms with Crippen molar-refractivity contribution in [2.24, 2.45) is 0 Å². The monoisotopic (exact) mass is 392 g/mol. The van der Waals surface area contributed by atoms with Gasteiger partial charge in [-0.15, -0.1) is 0 Å². The van der Waals surface area contributed by atoms with Crippen LogP contribution in [0.5, 0.6) is 0 Å². The highest BCUT2D eigenvalue weighted by Crippen LogP contribution is 2.29. The van der Waals surface area contributed by atoms with Crippen LogP contribution >= 0.6 is 0 Å². The van der Waals surface area contributed by atoms with E-state index in [4.69, 9.17) is 0 Å². The molecule has 1 fully saturated rings. The van der Waals surface area contributed by atoms with Gasteiger partial charge in [0.1, 0.15) is 13.1 Å². The molecule has 0 saturated heterocycles. The van der Waals surface area contributed by atoms with Gasteiger partial charge in [0.05, 0.1) is 17.4 Å². The standard InChI is InChI=1S/C24H29N3O2/c1-16(2)19-10-8-18(9-11-19)14-26(20-12-13-20)17(3)24(29)27-15-23(28)25-21-6-4-5-7-22(21)27/h4-11,16-17,20H,12-15H2,1-3H3,(H,25,28)/p+1/t17-/m0/s1. The molecule has 2 atom stereocenters. The first-order valence-corrected chi connectivity index (χ1v) is 10.6. The minimum absolute atomic E-state index is 0.0213. The van der Waals surface area contributed by atoms with Gasteiger partial charge in [0.2, 0.25) is 5.91 Å². The van der Waals surface area contributed by atoms with Gasteiger partial charge in [-0.05, 0) is 30.5 Å². The van der Waals surface area contributed by atoms with Crippen molar-refractivity contribution in [3.05, 3.63) is 59.7 Å². The van der Waals surface area contributed by atoms with Gasteiger partial charge in [-0.2, -0.15) is 0 Å². The van der Waals surface area contributed by atoms with Crippen molar-refractivity contribution in [3.8, 4) is 0 Å². The van der Waals surface area contributed by atoms with E-state index in [0.29, 0.717) is 17.6 Å². The highest BCUT2D eigenvalue weighted by Gasteiger charge is 2.42. The third-order valence-electron chi connectivity index (χ3n) is 6.12. The molecule has 0 bridgehead atoms. The summed E-state index contributed by atoms with van der Waals surface area (Å²) in [6.45, 7) is 7.32. The van der Waals surface area contributed by atoms with E-state index in [2.05, 4.69) is 43.4 Å². The molecule has 5 nitrogen and oxygen atoms in total. The van der Waals surface area contributed by atoms with Crippen molar-refractivity contribution in [2.45, 2.75) is 58.2 Å². The lowest BCUT2D eigenvalue weighted by molar-refractivity contribution is -0.938. The van der Waals surface area contributed by atoms with E-state index in [0.717, 1.165) is 25.1 Å². The first kappa shape index (κ1) is 19.6. The summed E-state index contributed by atoms with van der Waals surface area (Å²) in [5.74, 6) is 0.399. The molecule has 29 heavy (non-hydrogen) atoms. The minimum Gasteiger partial charge on any atom is -0.323 e. The van der Waals surface area contributed by atoms with Gasteiger partial charge < -0.3 is 10.2 Å². The normalized spacial score (nSPS) is 18.2. The van der Waals surface area contributed by atoms with Crippen LogP contribution in [0, 0.1) is 0 Å². The molecule has 152 valence electrons. The van der Waals surface area contributed by atoms with Gasteiger partial charge in [0.25, 0.3) is 5.91 Å². The van der Waals surface area contributed by atoms with E-state index in [1.54, 1.807) is 4.90 Å². The highest BCUT2D eigenvalue weighted by molar-refractivity contribution is 6.10. The quantitative estimate of drug-likeness (QED) is 0.794. The number of para-hydroxylation sites is 2. The highest BCUT2D eigenvalue weighted by atomic mass is 16.2. The molecule has 1 unspecified atom stereocenters. The van der Waals surface area contributed by atoms with Crippen molar-refractivity contribution in [1.29, 1.82) is 0 Å². The molecule has 2 aromatic carbocycles. The van der Waals surface area contributed by atoms with Gasteiger partial charge in [0, 0.05) is 18.4 Å². The summed E-state index contributed by atoms with van der Waals surface area (Å²) in [7, 11) is 0. The summed E-state index contributed by atoms with van der Waals surface area (Å²) >= 11 is 0. The number of carbonyl (C=O) groups excluding carboxylic acids is 2. The molecule has 1 heterocycles. The first-order valence-electron chi connectivity index (χ1n) is 10.6.